The zero-order chi connectivity index (χ0) is 11.9. The molecule has 2 heteroatoms. The Morgan fingerprint density at radius 2 is 2.00 bits per heavy atom. The van der Waals surface area contributed by atoms with Gasteiger partial charge in [0.2, 0.25) is 0 Å². The number of aliphatic imine (C=N–C) groups is 1. The average Bonchev–Trinajstić information content (AvgIpc) is 2.40. The van der Waals surface area contributed by atoms with E-state index in [0.717, 1.165) is 17.9 Å². The molecule has 0 aromatic heterocycles. The lowest BCUT2D eigenvalue weighted by Gasteiger charge is -2.21. The minimum absolute atomic E-state index is 0.964. The monoisotopic (exact) mass is 224 g/mol. The second-order valence-corrected chi connectivity index (χ2v) is 3.69. The van der Waals surface area contributed by atoms with E-state index in [1.54, 1.807) is 0 Å². The van der Waals surface area contributed by atoms with Crippen LogP contribution < -0.4 is 0 Å². The first-order chi connectivity index (χ1) is 8.40. The molecule has 0 N–H and O–H groups in total. The van der Waals surface area contributed by atoms with Crippen molar-refractivity contribution in [1.29, 1.82) is 0 Å². The smallest absolute Gasteiger partial charge is 0.0629 e. The van der Waals surface area contributed by atoms with E-state index in [1.165, 1.54) is 0 Å². The minimum Gasteiger partial charge on any atom is -0.348 e. The van der Waals surface area contributed by atoms with Gasteiger partial charge in [-0.15, -0.1) is 0 Å². The van der Waals surface area contributed by atoms with Crippen LogP contribution >= 0.6 is 0 Å². The predicted molar refractivity (Wildman–Crippen MR) is 73.3 cm³/mol. The minimum atomic E-state index is 0.964. The second kappa shape index (κ2) is 5.85. The van der Waals surface area contributed by atoms with Gasteiger partial charge in [0, 0.05) is 24.7 Å². The van der Waals surface area contributed by atoms with Crippen LogP contribution in [0.15, 0.2) is 71.5 Å². The zero-order valence-corrected chi connectivity index (χ0v) is 9.95. The van der Waals surface area contributed by atoms with Crippen LogP contribution in [0.3, 0.4) is 0 Å². The maximum Gasteiger partial charge on any atom is 0.0629 e. The lowest BCUT2D eigenvalue weighted by atomic mass is 10.2. The Bertz CT molecular complexity index is 467. The van der Waals surface area contributed by atoms with Crippen LogP contribution in [-0.2, 0) is 0 Å². The summed E-state index contributed by atoms with van der Waals surface area (Å²) >= 11 is 0. The molecule has 0 aliphatic carbocycles. The molecular weight excluding hydrogens is 208 g/mol. The van der Waals surface area contributed by atoms with Crippen LogP contribution in [0, 0.1) is 0 Å². The first-order valence-electron chi connectivity index (χ1n) is 5.81. The molecule has 0 spiro atoms. The fourth-order valence-electron chi connectivity index (χ4n) is 1.64. The van der Waals surface area contributed by atoms with Crippen LogP contribution in [0.25, 0.3) is 0 Å². The summed E-state index contributed by atoms with van der Waals surface area (Å²) in [7, 11) is 0. The van der Waals surface area contributed by atoms with E-state index >= 15 is 0 Å². The Hall–Kier alpha value is -2.09. The number of likely N-dealkylation sites (N-methyl/N-ethyl adjacent to an activating group) is 1. The van der Waals surface area contributed by atoms with Crippen molar-refractivity contribution in [3.05, 3.63) is 66.5 Å². The van der Waals surface area contributed by atoms with Crippen molar-refractivity contribution in [2.75, 3.05) is 6.54 Å². The van der Waals surface area contributed by atoms with Gasteiger partial charge < -0.3 is 4.90 Å². The Balaban J connectivity index is 2.08. The number of hydrogen-bond acceptors (Lipinski definition) is 2. The standard InChI is InChI=1S/C15H16N2/c1-2-17-13-7-6-10-15(17)11-12-16-14-8-4-3-5-9-14/h3-13H,2H2,1H3. The Morgan fingerprint density at radius 3 is 2.76 bits per heavy atom. The van der Waals surface area contributed by atoms with Crippen molar-refractivity contribution in [3.8, 4) is 0 Å². The normalized spacial score (nSPS) is 17.2. The lowest BCUT2D eigenvalue weighted by molar-refractivity contribution is 0.504. The van der Waals surface area contributed by atoms with Crippen molar-refractivity contribution in [2.45, 2.75) is 6.92 Å². The summed E-state index contributed by atoms with van der Waals surface area (Å²) < 4.78 is 0. The summed E-state index contributed by atoms with van der Waals surface area (Å²) in [6, 6.07) is 9.94. The molecule has 0 atom stereocenters. The maximum atomic E-state index is 4.38. The summed E-state index contributed by atoms with van der Waals surface area (Å²) in [4.78, 5) is 6.56. The number of hydrogen-bond donors (Lipinski definition) is 0. The van der Waals surface area contributed by atoms with E-state index in [2.05, 4.69) is 29.1 Å². The Labute approximate surface area is 102 Å². The molecule has 1 heterocycles. The third-order valence-corrected chi connectivity index (χ3v) is 2.54. The molecule has 0 radical (unpaired) electrons. The molecule has 1 aliphatic rings. The zero-order valence-electron chi connectivity index (χ0n) is 9.95. The second-order valence-electron chi connectivity index (χ2n) is 3.69. The molecule has 0 saturated carbocycles. The highest BCUT2D eigenvalue weighted by Crippen LogP contribution is 2.12. The van der Waals surface area contributed by atoms with Crippen molar-refractivity contribution in [3.63, 3.8) is 0 Å². The van der Waals surface area contributed by atoms with Gasteiger partial charge in [0.25, 0.3) is 0 Å². The molecule has 17 heavy (non-hydrogen) atoms. The van der Waals surface area contributed by atoms with Gasteiger partial charge in [0.15, 0.2) is 0 Å². The van der Waals surface area contributed by atoms with E-state index in [9.17, 15) is 0 Å². The van der Waals surface area contributed by atoms with Crippen LogP contribution in [0.2, 0.25) is 0 Å². The highest BCUT2D eigenvalue weighted by molar-refractivity contribution is 5.76. The van der Waals surface area contributed by atoms with Gasteiger partial charge in [-0.2, -0.15) is 0 Å². The number of allylic oxidation sites excluding steroid dienone is 4. The summed E-state index contributed by atoms with van der Waals surface area (Å²) in [5.74, 6) is 0. The topological polar surface area (TPSA) is 15.6 Å². The molecule has 1 aliphatic heterocycles. The average molecular weight is 224 g/mol. The van der Waals surface area contributed by atoms with Gasteiger partial charge >= 0.3 is 0 Å². The third kappa shape index (κ3) is 3.18. The van der Waals surface area contributed by atoms with Crippen LogP contribution in [0.4, 0.5) is 5.69 Å². The highest BCUT2D eigenvalue weighted by atomic mass is 15.1. The predicted octanol–water partition coefficient (Wildman–Crippen LogP) is 3.68. The van der Waals surface area contributed by atoms with E-state index in [0.29, 0.717) is 0 Å². The van der Waals surface area contributed by atoms with Crippen molar-refractivity contribution in [1.82, 2.24) is 4.90 Å². The number of benzene rings is 1. The molecule has 2 rings (SSSR count). The SMILES string of the molecule is CCN1C=CC=CC1=CC=Nc1ccccc1. The Kier molecular flexibility index (Phi) is 3.92. The van der Waals surface area contributed by atoms with Gasteiger partial charge in [-0.25, -0.2) is 0 Å². The molecule has 0 fully saturated rings. The molecular formula is C15H16N2. The largest absolute Gasteiger partial charge is 0.348 e. The fraction of sp³-hybridized carbons (Fsp3) is 0.133. The van der Waals surface area contributed by atoms with Crippen LogP contribution in [0.5, 0.6) is 0 Å². The molecule has 0 bridgehead atoms. The summed E-state index contributed by atoms with van der Waals surface area (Å²) in [5, 5.41) is 0. The van der Waals surface area contributed by atoms with Gasteiger partial charge in [-0.05, 0) is 37.3 Å². The quantitative estimate of drug-likeness (QED) is 0.715. The molecule has 86 valence electrons. The van der Waals surface area contributed by atoms with Crippen molar-refractivity contribution in [2.24, 2.45) is 4.99 Å². The van der Waals surface area contributed by atoms with E-state index in [1.807, 2.05) is 54.8 Å². The highest BCUT2D eigenvalue weighted by Gasteiger charge is 2.01. The van der Waals surface area contributed by atoms with Gasteiger partial charge in [0.1, 0.15) is 0 Å². The van der Waals surface area contributed by atoms with Gasteiger partial charge in [-0.3, -0.25) is 4.99 Å². The molecule has 0 amide bonds. The fourth-order valence-corrected chi connectivity index (χ4v) is 1.64. The number of rotatable bonds is 3. The van der Waals surface area contributed by atoms with E-state index < -0.39 is 0 Å². The first kappa shape index (κ1) is 11.4. The summed E-state index contributed by atoms with van der Waals surface area (Å²) in [5.41, 5.74) is 2.14. The Morgan fingerprint density at radius 1 is 1.18 bits per heavy atom. The summed E-state index contributed by atoms with van der Waals surface area (Å²) in [6.45, 7) is 3.09. The number of para-hydroxylation sites is 1. The van der Waals surface area contributed by atoms with Crippen molar-refractivity contribution < 1.29 is 0 Å². The lowest BCUT2D eigenvalue weighted by Crippen LogP contribution is -2.16. The summed E-state index contributed by atoms with van der Waals surface area (Å²) in [6.07, 6.45) is 12.1. The van der Waals surface area contributed by atoms with Crippen molar-refractivity contribution >= 4 is 11.9 Å². The van der Waals surface area contributed by atoms with E-state index in [-0.39, 0.29) is 0 Å². The molecule has 0 saturated heterocycles. The van der Waals surface area contributed by atoms with Gasteiger partial charge in [-0.1, -0.05) is 24.3 Å². The first-order valence-corrected chi connectivity index (χ1v) is 5.81. The maximum absolute atomic E-state index is 4.38. The molecule has 2 nitrogen and oxygen atoms in total. The van der Waals surface area contributed by atoms with Crippen LogP contribution in [-0.4, -0.2) is 17.7 Å². The van der Waals surface area contributed by atoms with Gasteiger partial charge in [0.05, 0.1) is 5.69 Å². The third-order valence-electron chi connectivity index (χ3n) is 2.54. The molecule has 0 unspecified atom stereocenters. The number of nitrogens with zero attached hydrogens (tertiary/aromatic N) is 2. The molecule has 1 aromatic rings. The van der Waals surface area contributed by atoms with E-state index in [4.69, 9.17) is 0 Å². The molecule has 1 aromatic carbocycles. The van der Waals surface area contributed by atoms with Crippen LogP contribution in [0.1, 0.15) is 6.92 Å².